The molecule has 23 heavy (non-hydrogen) atoms. The molecule has 8 atom stereocenters. The van der Waals surface area contributed by atoms with Crippen LogP contribution in [0.15, 0.2) is 12.2 Å². The van der Waals surface area contributed by atoms with Crippen molar-refractivity contribution in [3.05, 3.63) is 12.2 Å². The van der Waals surface area contributed by atoms with Gasteiger partial charge < -0.3 is 19.7 Å². The molecule has 8 unspecified atom stereocenters. The molecule has 0 spiro atoms. The van der Waals surface area contributed by atoms with Gasteiger partial charge in [-0.2, -0.15) is 0 Å². The lowest BCUT2D eigenvalue weighted by Gasteiger charge is -2.40. The van der Waals surface area contributed by atoms with Crippen LogP contribution in [0.25, 0.3) is 0 Å². The lowest BCUT2D eigenvalue weighted by molar-refractivity contribution is -0.146. The van der Waals surface area contributed by atoms with E-state index in [0.29, 0.717) is 0 Å². The van der Waals surface area contributed by atoms with E-state index in [4.69, 9.17) is 9.47 Å². The van der Waals surface area contributed by atoms with Crippen LogP contribution in [0, 0.1) is 29.1 Å². The summed E-state index contributed by atoms with van der Waals surface area (Å²) in [6.45, 7) is 7.19. The number of esters is 1. The van der Waals surface area contributed by atoms with E-state index in [9.17, 15) is 19.8 Å². The number of aliphatic hydroxyl groups excluding tert-OH is 2. The summed E-state index contributed by atoms with van der Waals surface area (Å²) in [5.41, 5.74) is -0.651. The molecule has 3 rings (SSSR count). The second-order valence-corrected chi connectivity index (χ2v) is 7.27. The quantitative estimate of drug-likeness (QED) is 0.561. The number of ketones is 1. The van der Waals surface area contributed by atoms with E-state index in [1.165, 1.54) is 0 Å². The van der Waals surface area contributed by atoms with Crippen LogP contribution in [-0.2, 0) is 19.1 Å². The van der Waals surface area contributed by atoms with Crippen molar-refractivity contribution in [1.29, 1.82) is 0 Å². The van der Waals surface area contributed by atoms with Gasteiger partial charge in [-0.15, -0.1) is 0 Å². The normalized spacial score (nSPS) is 49.6. The average molecular weight is 324 g/mol. The van der Waals surface area contributed by atoms with Crippen molar-refractivity contribution in [1.82, 2.24) is 0 Å². The monoisotopic (exact) mass is 324 g/mol. The number of methoxy groups -OCH3 is 1. The molecular formula is C17H24O6. The number of hydrogen-bond acceptors (Lipinski definition) is 6. The van der Waals surface area contributed by atoms with E-state index in [1.54, 1.807) is 7.11 Å². The van der Waals surface area contributed by atoms with Gasteiger partial charge in [-0.1, -0.05) is 20.4 Å². The summed E-state index contributed by atoms with van der Waals surface area (Å²) in [5.74, 6) is -2.19. The van der Waals surface area contributed by atoms with Gasteiger partial charge in [0, 0.05) is 48.9 Å². The summed E-state index contributed by atoms with van der Waals surface area (Å²) in [6.07, 6.45) is -1.75. The van der Waals surface area contributed by atoms with Crippen LogP contribution >= 0.6 is 0 Å². The van der Waals surface area contributed by atoms with Gasteiger partial charge >= 0.3 is 5.97 Å². The number of carbonyl (C=O) groups is 2. The molecule has 3 aliphatic rings. The zero-order valence-corrected chi connectivity index (χ0v) is 13.7. The molecule has 1 aliphatic heterocycles. The fourth-order valence-electron chi connectivity index (χ4n) is 5.22. The van der Waals surface area contributed by atoms with Crippen LogP contribution in [0.3, 0.4) is 0 Å². The minimum atomic E-state index is -0.923. The molecule has 1 heterocycles. The van der Waals surface area contributed by atoms with E-state index in [1.807, 2.05) is 13.8 Å². The number of fused-ring (bicyclic) bond motifs is 2. The SMILES string of the molecule is C=C1C(=O)OC2C(O)C(C)C3C(OC)CC(=O)C3(C)C(CO)C12. The Morgan fingerprint density at radius 2 is 2.09 bits per heavy atom. The highest BCUT2D eigenvalue weighted by atomic mass is 16.6. The molecule has 0 aromatic carbocycles. The van der Waals surface area contributed by atoms with Crippen LogP contribution in [0.2, 0.25) is 0 Å². The standard InChI is InChI=1S/C17H24O6/c1-7-12-9(6-18)17(3)11(19)5-10(22-4)13(17)8(2)14(20)15(12)23-16(7)21/h8-10,12-15,18,20H,1,5-6H2,2-4H3. The smallest absolute Gasteiger partial charge is 0.334 e. The van der Waals surface area contributed by atoms with Gasteiger partial charge in [-0.25, -0.2) is 4.79 Å². The lowest BCUT2D eigenvalue weighted by Crippen LogP contribution is -2.45. The van der Waals surface area contributed by atoms with Gasteiger partial charge in [-0.05, 0) is 5.92 Å². The zero-order valence-electron chi connectivity index (χ0n) is 13.7. The van der Waals surface area contributed by atoms with Gasteiger partial charge in [-0.3, -0.25) is 4.79 Å². The van der Waals surface area contributed by atoms with E-state index in [2.05, 4.69) is 6.58 Å². The summed E-state index contributed by atoms with van der Waals surface area (Å²) in [4.78, 5) is 24.8. The predicted octanol–water partition coefficient (Wildman–Crippen LogP) is 0.314. The van der Waals surface area contributed by atoms with E-state index < -0.39 is 35.4 Å². The summed E-state index contributed by atoms with van der Waals surface area (Å²) in [5, 5.41) is 20.8. The zero-order chi connectivity index (χ0) is 17.1. The Bertz CT molecular complexity index is 557. The first-order valence-corrected chi connectivity index (χ1v) is 8.03. The Morgan fingerprint density at radius 3 is 2.65 bits per heavy atom. The fraction of sp³-hybridized carbons (Fsp3) is 0.765. The lowest BCUT2D eigenvalue weighted by atomic mass is 9.62. The van der Waals surface area contributed by atoms with Crippen molar-refractivity contribution in [2.45, 2.75) is 38.6 Å². The number of aliphatic hydroxyl groups is 2. The number of Topliss-reactive ketones (excluding diaryl/α,β-unsaturated/α-hetero) is 1. The molecule has 128 valence electrons. The van der Waals surface area contributed by atoms with E-state index in [-0.39, 0.29) is 42.3 Å². The molecule has 0 bridgehead atoms. The summed E-state index contributed by atoms with van der Waals surface area (Å²) in [6, 6.07) is 0. The van der Waals surface area contributed by atoms with Crippen molar-refractivity contribution in [2.75, 3.05) is 13.7 Å². The van der Waals surface area contributed by atoms with Gasteiger partial charge in [0.15, 0.2) is 0 Å². The van der Waals surface area contributed by atoms with Crippen LogP contribution in [0.1, 0.15) is 20.3 Å². The largest absolute Gasteiger partial charge is 0.456 e. The molecule has 2 saturated carbocycles. The van der Waals surface area contributed by atoms with Gasteiger partial charge in [0.05, 0.1) is 12.2 Å². The Labute approximate surface area is 135 Å². The van der Waals surface area contributed by atoms with Gasteiger partial charge in [0.25, 0.3) is 0 Å². The molecule has 0 amide bonds. The van der Waals surface area contributed by atoms with Gasteiger partial charge in [0.1, 0.15) is 11.9 Å². The van der Waals surface area contributed by atoms with Crippen LogP contribution in [0.5, 0.6) is 0 Å². The van der Waals surface area contributed by atoms with Crippen molar-refractivity contribution in [3.8, 4) is 0 Å². The molecular weight excluding hydrogens is 300 g/mol. The minimum Gasteiger partial charge on any atom is -0.456 e. The molecule has 0 aromatic heterocycles. The Morgan fingerprint density at radius 1 is 1.43 bits per heavy atom. The van der Waals surface area contributed by atoms with Crippen LogP contribution in [-0.4, -0.2) is 54.0 Å². The third kappa shape index (κ3) is 1.98. The predicted molar refractivity (Wildman–Crippen MR) is 80.3 cm³/mol. The molecule has 0 aromatic rings. The molecule has 6 heteroatoms. The highest BCUT2D eigenvalue weighted by Crippen LogP contribution is 2.58. The average Bonchev–Trinajstić information content (AvgIpc) is 2.93. The maximum atomic E-state index is 12.8. The first-order chi connectivity index (χ1) is 10.8. The second kappa shape index (κ2) is 5.40. The third-order valence-electron chi connectivity index (χ3n) is 6.49. The van der Waals surface area contributed by atoms with E-state index >= 15 is 0 Å². The number of rotatable bonds is 2. The second-order valence-electron chi connectivity index (χ2n) is 7.27. The molecule has 2 aliphatic carbocycles. The van der Waals surface area contributed by atoms with Crippen molar-refractivity contribution < 1.29 is 29.3 Å². The number of hydrogen-bond donors (Lipinski definition) is 2. The maximum absolute atomic E-state index is 12.8. The number of ether oxygens (including phenoxy) is 2. The van der Waals surface area contributed by atoms with Gasteiger partial charge in [0.2, 0.25) is 0 Å². The first-order valence-electron chi connectivity index (χ1n) is 8.03. The maximum Gasteiger partial charge on any atom is 0.334 e. The molecule has 3 fully saturated rings. The van der Waals surface area contributed by atoms with Crippen LogP contribution in [0.4, 0.5) is 0 Å². The third-order valence-corrected chi connectivity index (χ3v) is 6.49. The Balaban J connectivity index is 2.16. The molecule has 2 N–H and O–H groups in total. The van der Waals surface area contributed by atoms with Crippen molar-refractivity contribution in [2.24, 2.45) is 29.1 Å². The minimum absolute atomic E-state index is 0.000231. The molecule has 0 radical (unpaired) electrons. The van der Waals surface area contributed by atoms with Crippen molar-refractivity contribution in [3.63, 3.8) is 0 Å². The Hall–Kier alpha value is -1.24. The highest BCUT2D eigenvalue weighted by molar-refractivity contribution is 5.92. The topological polar surface area (TPSA) is 93.1 Å². The first kappa shape index (κ1) is 16.6. The number of carbonyl (C=O) groups excluding carboxylic acids is 2. The summed E-state index contributed by atoms with van der Waals surface area (Å²) < 4.78 is 10.8. The molecule has 6 nitrogen and oxygen atoms in total. The summed E-state index contributed by atoms with van der Waals surface area (Å²) >= 11 is 0. The Kier molecular flexibility index (Phi) is 3.90. The van der Waals surface area contributed by atoms with Crippen molar-refractivity contribution >= 4 is 11.8 Å². The van der Waals surface area contributed by atoms with E-state index in [0.717, 1.165) is 0 Å². The van der Waals surface area contributed by atoms with Crippen LogP contribution < -0.4 is 0 Å². The fourth-order valence-corrected chi connectivity index (χ4v) is 5.22. The highest BCUT2D eigenvalue weighted by Gasteiger charge is 2.66. The molecule has 1 saturated heterocycles. The summed E-state index contributed by atoms with van der Waals surface area (Å²) in [7, 11) is 1.56.